The van der Waals surface area contributed by atoms with Crippen molar-refractivity contribution < 1.29 is 0 Å². The van der Waals surface area contributed by atoms with Crippen LogP contribution >= 0.6 is 27.3 Å². The molecule has 0 saturated heterocycles. The van der Waals surface area contributed by atoms with E-state index in [1.807, 2.05) is 14.0 Å². The third-order valence-corrected chi connectivity index (χ3v) is 5.10. The van der Waals surface area contributed by atoms with E-state index in [2.05, 4.69) is 55.5 Å². The fraction of sp³-hybridized carbons (Fsp3) is 0.462. The number of aromatic nitrogens is 2. The Balaban J connectivity index is 2.27. The minimum atomic E-state index is 0.350. The topological polar surface area (TPSA) is 29.9 Å². The van der Waals surface area contributed by atoms with Crippen molar-refractivity contribution in [3.8, 4) is 0 Å². The second-order valence-electron chi connectivity index (χ2n) is 4.22. The van der Waals surface area contributed by atoms with Crippen LogP contribution in [0.2, 0.25) is 0 Å². The molecule has 0 aliphatic heterocycles. The lowest BCUT2D eigenvalue weighted by Crippen LogP contribution is -2.19. The van der Waals surface area contributed by atoms with Gasteiger partial charge in [-0.1, -0.05) is 6.07 Å². The van der Waals surface area contributed by atoms with Crippen molar-refractivity contribution in [2.24, 2.45) is 0 Å². The van der Waals surface area contributed by atoms with Crippen LogP contribution in [0.5, 0.6) is 0 Å². The molecule has 1 N–H and O–H groups in total. The molecule has 0 fully saturated rings. The zero-order valence-electron chi connectivity index (χ0n) is 10.9. The zero-order chi connectivity index (χ0) is 13.1. The Morgan fingerprint density at radius 2 is 2.33 bits per heavy atom. The lowest BCUT2D eigenvalue weighted by molar-refractivity contribution is 0.545. The summed E-state index contributed by atoms with van der Waals surface area (Å²) in [4.78, 5) is 1.37. The largest absolute Gasteiger partial charge is 0.312 e. The lowest BCUT2D eigenvalue weighted by Gasteiger charge is -2.15. The summed E-state index contributed by atoms with van der Waals surface area (Å²) in [6.07, 6.45) is 0.951. The Morgan fingerprint density at radius 3 is 2.89 bits per heavy atom. The molecule has 2 aromatic rings. The highest BCUT2D eigenvalue weighted by atomic mass is 79.9. The zero-order valence-corrected chi connectivity index (χ0v) is 13.3. The standard InChI is InChI=1S/C13H18BrN3S/c1-4-17-11(13(14)9(2)16-17)8-10(15-3)12-6-5-7-18-12/h5-7,10,15H,4,8H2,1-3H3. The number of rotatable bonds is 5. The first kappa shape index (κ1) is 13.8. The number of nitrogens with one attached hydrogen (secondary N) is 1. The summed E-state index contributed by atoms with van der Waals surface area (Å²) in [5, 5.41) is 10.1. The summed E-state index contributed by atoms with van der Waals surface area (Å²) in [5.74, 6) is 0. The number of hydrogen-bond donors (Lipinski definition) is 1. The van der Waals surface area contributed by atoms with Crippen molar-refractivity contribution in [3.05, 3.63) is 38.3 Å². The monoisotopic (exact) mass is 327 g/mol. The van der Waals surface area contributed by atoms with Gasteiger partial charge in [0, 0.05) is 23.9 Å². The van der Waals surface area contributed by atoms with Crippen LogP contribution < -0.4 is 5.32 Å². The Bertz CT molecular complexity index is 505. The van der Waals surface area contributed by atoms with E-state index in [0.29, 0.717) is 6.04 Å². The van der Waals surface area contributed by atoms with Crippen LogP contribution in [-0.4, -0.2) is 16.8 Å². The van der Waals surface area contributed by atoms with E-state index in [4.69, 9.17) is 0 Å². The van der Waals surface area contributed by atoms with E-state index in [9.17, 15) is 0 Å². The third kappa shape index (κ3) is 2.68. The lowest BCUT2D eigenvalue weighted by atomic mass is 10.1. The molecule has 98 valence electrons. The van der Waals surface area contributed by atoms with E-state index < -0.39 is 0 Å². The molecule has 1 unspecified atom stereocenters. The van der Waals surface area contributed by atoms with Crippen LogP contribution in [0.4, 0.5) is 0 Å². The van der Waals surface area contributed by atoms with Crippen molar-refractivity contribution in [1.29, 1.82) is 0 Å². The molecule has 0 aromatic carbocycles. The van der Waals surface area contributed by atoms with Gasteiger partial charge in [-0.15, -0.1) is 11.3 Å². The smallest absolute Gasteiger partial charge is 0.0738 e. The van der Waals surface area contributed by atoms with E-state index in [0.717, 1.165) is 23.1 Å². The fourth-order valence-corrected chi connectivity index (χ4v) is 3.37. The van der Waals surface area contributed by atoms with Gasteiger partial charge in [-0.2, -0.15) is 5.10 Å². The average Bonchev–Trinajstić information content (AvgIpc) is 2.98. The highest BCUT2D eigenvalue weighted by Gasteiger charge is 2.18. The summed E-state index contributed by atoms with van der Waals surface area (Å²) in [6, 6.07) is 4.63. The van der Waals surface area contributed by atoms with Crippen LogP contribution in [0, 0.1) is 6.92 Å². The van der Waals surface area contributed by atoms with Gasteiger partial charge < -0.3 is 5.32 Å². The van der Waals surface area contributed by atoms with Crippen LogP contribution in [0.15, 0.2) is 22.0 Å². The van der Waals surface area contributed by atoms with Gasteiger partial charge in [0.25, 0.3) is 0 Å². The van der Waals surface area contributed by atoms with Crippen LogP contribution in [0.1, 0.15) is 29.2 Å². The molecule has 18 heavy (non-hydrogen) atoms. The van der Waals surface area contributed by atoms with Gasteiger partial charge in [0.05, 0.1) is 15.9 Å². The summed E-state index contributed by atoms with van der Waals surface area (Å²) < 4.78 is 3.22. The summed E-state index contributed by atoms with van der Waals surface area (Å²) in [7, 11) is 2.01. The molecule has 1 atom stereocenters. The van der Waals surface area contributed by atoms with E-state index in [1.54, 1.807) is 11.3 Å². The molecule has 0 radical (unpaired) electrons. The Kier molecular flexibility index (Phi) is 4.59. The van der Waals surface area contributed by atoms with E-state index in [1.165, 1.54) is 10.6 Å². The second kappa shape index (κ2) is 5.99. The predicted octanol–water partition coefficient (Wildman–Crippen LogP) is 3.54. The van der Waals surface area contributed by atoms with Crippen molar-refractivity contribution in [3.63, 3.8) is 0 Å². The average molecular weight is 328 g/mol. The summed E-state index contributed by atoms with van der Waals surface area (Å²) in [5.41, 5.74) is 2.33. The maximum atomic E-state index is 4.54. The molecular formula is C13H18BrN3S. The van der Waals surface area contributed by atoms with Crippen LogP contribution in [-0.2, 0) is 13.0 Å². The normalized spacial score (nSPS) is 12.9. The molecule has 2 rings (SSSR count). The maximum Gasteiger partial charge on any atom is 0.0738 e. The molecule has 0 aliphatic rings. The second-order valence-corrected chi connectivity index (χ2v) is 5.99. The summed E-state index contributed by atoms with van der Waals surface area (Å²) in [6.45, 7) is 5.07. The fourth-order valence-electron chi connectivity index (χ4n) is 2.09. The van der Waals surface area contributed by atoms with Gasteiger partial charge in [0.2, 0.25) is 0 Å². The Labute approximate surface area is 120 Å². The molecule has 3 nitrogen and oxygen atoms in total. The first-order valence-corrected chi connectivity index (χ1v) is 7.77. The number of hydrogen-bond acceptors (Lipinski definition) is 3. The molecule has 0 saturated carbocycles. The highest BCUT2D eigenvalue weighted by molar-refractivity contribution is 9.10. The van der Waals surface area contributed by atoms with Crippen LogP contribution in [0.3, 0.4) is 0 Å². The van der Waals surface area contributed by atoms with Gasteiger partial charge in [0.15, 0.2) is 0 Å². The number of nitrogens with zero attached hydrogens (tertiary/aromatic N) is 2. The van der Waals surface area contributed by atoms with Gasteiger partial charge in [-0.05, 0) is 48.3 Å². The van der Waals surface area contributed by atoms with Gasteiger partial charge >= 0.3 is 0 Å². The van der Waals surface area contributed by atoms with E-state index >= 15 is 0 Å². The van der Waals surface area contributed by atoms with Crippen molar-refractivity contribution in [2.75, 3.05) is 7.05 Å². The van der Waals surface area contributed by atoms with Gasteiger partial charge in [-0.25, -0.2) is 0 Å². The molecule has 0 amide bonds. The third-order valence-electron chi connectivity index (χ3n) is 3.09. The quantitative estimate of drug-likeness (QED) is 0.910. The summed E-state index contributed by atoms with van der Waals surface area (Å²) >= 11 is 5.45. The number of halogens is 1. The minimum Gasteiger partial charge on any atom is -0.312 e. The van der Waals surface area contributed by atoms with Gasteiger partial charge in [0.1, 0.15) is 0 Å². The van der Waals surface area contributed by atoms with Gasteiger partial charge in [-0.3, -0.25) is 4.68 Å². The molecule has 0 aliphatic carbocycles. The van der Waals surface area contributed by atoms with E-state index in [-0.39, 0.29) is 0 Å². The highest BCUT2D eigenvalue weighted by Crippen LogP contribution is 2.28. The van der Waals surface area contributed by atoms with Crippen LogP contribution in [0.25, 0.3) is 0 Å². The number of aryl methyl sites for hydroxylation is 2. The van der Waals surface area contributed by atoms with Crippen molar-refractivity contribution >= 4 is 27.3 Å². The molecule has 0 spiro atoms. The minimum absolute atomic E-state index is 0.350. The number of thiophene rings is 1. The molecule has 0 bridgehead atoms. The molecular weight excluding hydrogens is 310 g/mol. The maximum absolute atomic E-state index is 4.54. The molecule has 5 heteroatoms. The van der Waals surface area contributed by atoms with Crippen molar-refractivity contribution in [2.45, 2.75) is 32.9 Å². The first-order chi connectivity index (χ1) is 8.67. The van der Waals surface area contributed by atoms with Crippen molar-refractivity contribution in [1.82, 2.24) is 15.1 Å². The molecule has 2 heterocycles. The Hall–Kier alpha value is -0.650. The first-order valence-electron chi connectivity index (χ1n) is 6.09. The molecule has 2 aromatic heterocycles. The SMILES string of the molecule is CCn1nc(C)c(Br)c1CC(NC)c1cccs1. The predicted molar refractivity (Wildman–Crippen MR) is 80.2 cm³/mol. The Morgan fingerprint density at radius 1 is 1.56 bits per heavy atom. The number of likely N-dealkylation sites (N-methyl/N-ethyl adjacent to an activating group) is 1.